The van der Waals surface area contributed by atoms with Crippen molar-refractivity contribution in [2.75, 3.05) is 36.4 Å². The quantitative estimate of drug-likeness (QED) is 0.560. The first-order valence-electron chi connectivity index (χ1n) is 11.7. The number of hydrogen-bond donors (Lipinski definition) is 1. The van der Waals surface area contributed by atoms with Crippen molar-refractivity contribution in [3.05, 3.63) is 65.7 Å². The number of aryl methyl sites for hydroxylation is 2. The molecule has 184 valence electrons. The fourth-order valence-electron chi connectivity index (χ4n) is 4.04. The summed E-state index contributed by atoms with van der Waals surface area (Å²) in [6.45, 7) is 9.50. The molecule has 0 saturated carbocycles. The van der Waals surface area contributed by atoms with Crippen molar-refractivity contribution >= 4 is 27.4 Å². The summed E-state index contributed by atoms with van der Waals surface area (Å²) in [4.78, 5) is 14.1. The lowest BCUT2D eigenvalue weighted by Gasteiger charge is -2.34. The normalized spacial score (nSPS) is 14.8. The van der Waals surface area contributed by atoms with Crippen molar-refractivity contribution in [1.82, 2.24) is 14.5 Å². The van der Waals surface area contributed by atoms with Gasteiger partial charge < -0.3 is 10.2 Å². The average molecular weight is 494 g/mol. The van der Waals surface area contributed by atoms with Gasteiger partial charge in [0.1, 0.15) is 0 Å². The number of rotatable bonds is 6. The van der Waals surface area contributed by atoms with Gasteiger partial charge in [0.15, 0.2) is 5.82 Å². The van der Waals surface area contributed by atoms with Crippen LogP contribution in [0.4, 0.5) is 11.5 Å². The Hall–Kier alpha value is -3.30. The molecule has 0 radical (unpaired) electrons. The van der Waals surface area contributed by atoms with Gasteiger partial charge in [0.05, 0.1) is 10.6 Å². The first-order valence-corrected chi connectivity index (χ1v) is 13.2. The molecule has 0 aliphatic carbocycles. The number of aromatic nitrogens is 2. The maximum Gasteiger partial charge on any atom is 0.243 e. The van der Waals surface area contributed by atoms with Gasteiger partial charge in [-0.1, -0.05) is 37.6 Å². The number of nitrogens with zero attached hydrogens (tertiary/aromatic N) is 4. The maximum absolute atomic E-state index is 13.1. The van der Waals surface area contributed by atoms with Crippen LogP contribution in [-0.4, -0.2) is 55.0 Å². The zero-order chi connectivity index (χ0) is 25.2. The van der Waals surface area contributed by atoms with Crippen LogP contribution >= 0.6 is 0 Å². The van der Waals surface area contributed by atoms with Crippen LogP contribution in [0.3, 0.4) is 0 Å². The molecule has 0 spiro atoms. The summed E-state index contributed by atoms with van der Waals surface area (Å²) in [5, 5.41) is 11.6. The monoisotopic (exact) mass is 493 g/mol. The molecule has 1 aromatic heterocycles. The first-order chi connectivity index (χ1) is 16.6. The molecule has 1 aliphatic heterocycles. The van der Waals surface area contributed by atoms with Crippen LogP contribution in [-0.2, 0) is 14.8 Å². The second-order valence-electron chi connectivity index (χ2n) is 9.15. The van der Waals surface area contributed by atoms with Crippen molar-refractivity contribution in [3.8, 4) is 11.3 Å². The summed E-state index contributed by atoms with van der Waals surface area (Å²) in [6.07, 6.45) is 0. The van der Waals surface area contributed by atoms with E-state index in [1.807, 2.05) is 12.1 Å². The van der Waals surface area contributed by atoms with E-state index in [4.69, 9.17) is 0 Å². The highest BCUT2D eigenvalue weighted by atomic mass is 32.2. The molecule has 1 amide bonds. The molecule has 0 bridgehead atoms. The van der Waals surface area contributed by atoms with Gasteiger partial charge in [-0.3, -0.25) is 4.79 Å². The van der Waals surface area contributed by atoms with Crippen molar-refractivity contribution in [1.29, 1.82) is 0 Å². The standard InChI is InChI=1S/C26H31N5O3S/c1-18(2)26(32)27-21-6-8-22(9-7-21)35(33,34)31-15-13-30(14-16-31)25-12-11-24(28-29-25)23-10-5-19(3)17-20(23)4/h5-12,17-18H,13-16H2,1-4H3,(H,27,32). The van der Waals surface area contributed by atoms with Gasteiger partial charge in [-0.2, -0.15) is 4.31 Å². The first kappa shape index (κ1) is 24.8. The smallest absolute Gasteiger partial charge is 0.243 e. The fourth-order valence-corrected chi connectivity index (χ4v) is 5.46. The van der Waals surface area contributed by atoms with E-state index in [0.717, 1.165) is 22.6 Å². The van der Waals surface area contributed by atoms with E-state index in [0.29, 0.717) is 31.9 Å². The molecule has 0 atom stereocenters. The van der Waals surface area contributed by atoms with E-state index in [2.05, 4.69) is 52.5 Å². The lowest BCUT2D eigenvalue weighted by atomic mass is 10.0. The molecule has 4 rings (SSSR count). The summed E-state index contributed by atoms with van der Waals surface area (Å²) in [5.41, 5.74) is 4.81. The number of anilines is 2. The van der Waals surface area contributed by atoms with Crippen LogP contribution in [0.2, 0.25) is 0 Å². The Morgan fingerprint density at radius 3 is 2.17 bits per heavy atom. The summed E-state index contributed by atoms with van der Waals surface area (Å²) in [7, 11) is -3.62. The molecule has 8 nitrogen and oxygen atoms in total. The van der Waals surface area contributed by atoms with Gasteiger partial charge in [-0.25, -0.2) is 8.42 Å². The van der Waals surface area contributed by atoms with Crippen molar-refractivity contribution < 1.29 is 13.2 Å². The number of sulfonamides is 1. The minimum Gasteiger partial charge on any atom is -0.352 e. The minimum atomic E-state index is -3.62. The molecule has 0 unspecified atom stereocenters. The molecule has 2 aromatic carbocycles. The van der Waals surface area contributed by atoms with Crippen LogP contribution in [0.25, 0.3) is 11.3 Å². The van der Waals surface area contributed by atoms with E-state index < -0.39 is 10.0 Å². The summed E-state index contributed by atoms with van der Waals surface area (Å²) in [6, 6.07) is 16.5. The molecule has 1 N–H and O–H groups in total. The molecular weight excluding hydrogens is 462 g/mol. The third-order valence-electron chi connectivity index (χ3n) is 6.15. The number of piperazine rings is 1. The van der Waals surface area contributed by atoms with Crippen LogP contribution in [0.15, 0.2) is 59.5 Å². The van der Waals surface area contributed by atoms with E-state index in [1.54, 1.807) is 26.0 Å². The third kappa shape index (κ3) is 5.52. The van der Waals surface area contributed by atoms with Gasteiger partial charge in [0.2, 0.25) is 15.9 Å². The van der Waals surface area contributed by atoms with Crippen molar-refractivity contribution in [3.63, 3.8) is 0 Å². The number of nitrogens with one attached hydrogen (secondary N) is 1. The number of amides is 1. The van der Waals surface area contributed by atoms with Crippen LogP contribution in [0, 0.1) is 19.8 Å². The minimum absolute atomic E-state index is 0.109. The molecule has 1 aliphatic rings. The molecular formula is C26H31N5O3S. The number of carbonyl (C=O) groups is 1. The Morgan fingerprint density at radius 1 is 0.914 bits per heavy atom. The molecule has 1 fully saturated rings. The molecule has 35 heavy (non-hydrogen) atoms. The van der Waals surface area contributed by atoms with Gasteiger partial charge in [0.25, 0.3) is 0 Å². The molecule has 9 heteroatoms. The van der Waals surface area contributed by atoms with Gasteiger partial charge in [-0.15, -0.1) is 10.2 Å². The SMILES string of the molecule is Cc1ccc(-c2ccc(N3CCN(S(=O)(=O)c4ccc(NC(=O)C(C)C)cc4)CC3)nn2)c(C)c1. The summed E-state index contributed by atoms with van der Waals surface area (Å²) >= 11 is 0. The fraction of sp³-hybridized carbons (Fsp3) is 0.346. The molecule has 2 heterocycles. The second kappa shape index (κ2) is 10.1. The Morgan fingerprint density at radius 2 is 1.60 bits per heavy atom. The lowest BCUT2D eigenvalue weighted by Crippen LogP contribution is -2.49. The topological polar surface area (TPSA) is 95.5 Å². The Balaban J connectivity index is 1.39. The van der Waals surface area contributed by atoms with Crippen LogP contribution in [0.5, 0.6) is 0 Å². The Kier molecular flexibility index (Phi) is 7.18. The van der Waals surface area contributed by atoms with E-state index in [1.165, 1.54) is 22.0 Å². The predicted molar refractivity (Wildman–Crippen MR) is 138 cm³/mol. The lowest BCUT2D eigenvalue weighted by molar-refractivity contribution is -0.118. The second-order valence-corrected chi connectivity index (χ2v) is 11.1. The van der Waals surface area contributed by atoms with E-state index in [-0.39, 0.29) is 16.7 Å². The highest BCUT2D eigenvalue weighted by Crippen LogP contribution is 2.25. The molecule has 3 aromatic rings. The number of hydrogen-bond acceptors (Lipinski definition) is 6. The van der Waals surface area contributed by atoms with Gasteiger partial charge in [-0.05, 0) is 55.8 Å². The van der Waals surface area contributed by atoms with Crippen molar-refractivity contribution in [2.24, 2.45) is 5.92 Å². The van der Waals surface area contributed by atoms with Crippen LogP contribution in [0.1, 0.15) is 25.0 Å². The summed E-state index contributed by atoms with van der Waals surface area (Å²) < 4.78 is 27.7. The predicted octanol–water partition coefficient (Wildman–Crippen LogP) is 3.87. The highest BCUT2D eigenvalue weighted by Gasteiger charge is 2.29. The van der Waals surface area contributed by atoms with Gasteiger partial charge >= 0.3 is 0 Å². The summed E-state index contributed by atoms with van der Waals surface area (Å²) in [5.74, 6) is 0.477. The van der Waals surface area contributed by atoms with Gasteiger partial charge in [0, 0.05) is 43.3 Å². The number of carbonyl (C=O) groups excluding carboxylic acids is 1. The largest absolute Gasteiger partial charge is 0.352 e. The zero-order valence-corrected chi connectivity index (χ0v) is 21.3. The van der Waals surface area contributed by atoms with E-state index in [9.17, 15) is 13.2 Å². The van der Waals surface area contributed by atoms with Crippen molar-refractivity contribution in [2.45, 2.75) is 32.6 Å². The zero-order valence-electron chi connectivity index (χ0n) is 20.5. The molecule has 1 saturated heterocycles. The maximum atomic E-state index is 13.1. The Bertz CT molecular complexity index is 1300. The van der Waals surface area contributed by atoms with Crippen LogP contribution < -0.4 is 10.2 Å². The third-order valence-corrected chi connectivity index (χ3v) is 8.07. The van der Waals surface area contributed by atoms with E-state index >= 15 is 0 Å². The average Bonchev–Trinajstić information content (AvgIpc) is 2.84. The Labute approximate surface area is 207 Å². The highest BCUT2D eigenvalue weighted by molar-refractivity contribution is 7.89. The number of benzene rings is 2.